The number of nitrogens with zero attached hydrogens (tertiary/aromatic N) is 6. The summed E-state index contributed by atoms with van der Waals surface area (Å²) in [5.41, 5.74) is 8.45. The molecule has 37 heavy (non-hydrogen) atoms. The van der Waals surface area contributed by atoms with Crippen LogP contribution in [0.5, 0.6) is 11.5 Å². The maximum absolute atomic E-state index is 12.7. The summed E-state index contributed by atoms with van der Waals surface area (Å²) in [7, 11) is 3.08. The minimum absolute atomic E-state index is 0.0599. The minimum atomic E-state index is -0.477. The fourth-order valence-corrected chi connectivity index (χ4v) is 4.41. The quantitative estimate of drug-likeness (QED) is 0.233. The molecule has 190 valence electrons. The predicted octanol–water partition coefficient (Wildman–Crippen LogP) is 3.77. The average Bonchev–Trinajstić information content (AvgIpc) is 3.50. The number of hydroxylamine groups is 3. The van der Waals surface area contributed by atoms with Crippen molar-refractivity contribution in [1.29, 1.82) is 0 Å². The molecule has 2 aromatic carbocycles. The smallest absolute Gasteiger partial charge is 0.246 e. The number of para-hydroxylation sites is 1. The molecule has 2 N–H and O–H groups in total. The molecule has 1 aliphatic rings. The molecule has 0 spiro atoms. The van der Waals surface area contributed by atoms with Gasteiger partial charge in [0.05, 0.1) is 32.1 Å². The van der Waals surface area contributed by atoms with Crippen LogP contribution in [0.4, 0.5) is 5.82 Å². The molecule has 3 heterocycles. The zero-order chi connectivity index (χ0) is 26.0. The van der Waals surface area contributed by atoms with Crippen LogP contribution in [-0.2, 0) is 4.79 Å². The van der Waals surface area contributed by atoms with E-state index in [4.69, 9.17) is 15.6 Å². The van der Waals surface area contributed by atoms with Gasteiger partial charge in [-0.25, -0.2) is 14.6 Å². The molecule has 0 bridgehead atoms. The van der Waals surface area contributed by atoms with Crippen molar-refractivity contribution in [3.8, 4) is 22.8 Å². The number of carbonyl (C=O) groups is 1. The maximum atomic E-state index is 12.7. The van der Waals surface area contributed by atoms with E-state index in [-0.39, 0.29) is 18.5 Å². The van der Waals surface area contributed by atoms with Gasteiger partial charge in [0.2, 0.25) is 5.91 Å². The first-order chi connectivity index (χ1) is 17.8. The van der Waals surface area contributed by atoms with Crippen LogP contribution in [0.25, 0.3) is 22.3 Å². The van der Waals surface area contributed by atoms with Crippen molar-refractivity contribution in [3.05, 3.63) is 78.3 Å². The number of nitrogens with two attached hydrogens (primary N) is 1. The number of carbonyl (C=O) groups excluding carboxylic acids is 1. The third-order valence-corrected chi connectivity index (χ3v) is 6.25. The number of quaternary nitrogens is 1. The van der Waals surface area contributed by atoms with E-state index in [1.165, 1.54) is 12.4 Å². The number of likely N-dealkylation sites (tertiary alicyclic amines) is 1. The summed E-state index contributed by atoms with van der Waals surface area (Å²) >= 11 is 0. The fourth-order valence-electron chi connectivity index (χ4n) is 4.41. The Kier molecular flexibility index (Phi) is 6.60. The van der Waals surface area contributed by atoms with Gasteiger partial charge in [-0.3, -0.25) is 4.79 Å². The number of hydrogen-bond donors (Lipinski definition) is 1. The van der Waals surface area contributed by atoms with Gasteiger partial charge >= 0.3 is 0 Å². The Balaban J connectivity index is 1.39. The largest absolute Gasteiger partial charge is 0.633 e. The molecule has 0 saturated carbocycles. The van der Waals surface area contributed by atoms with Crippen LogP contribution in [0.1, 0.15) is 12.5 Å². The van der Waals surface area contributed by atoms with E-state index in [1.54, 1.807) is 25.1 Å². The van der Waals surface area contributed by atoms with Gasteiger partial charge in [-0.2, -0.15) is 5.10 Å². The fraction of sp³-hybridized carbons (Fsp3) is 0.259. The van der Waals surface area contributed by atoms with Crippen molar-refractivity contribution in [3.63, 3.8) is 0 Å². The number of rotatable bonds is 7. The second-order valence-electron chi connectivity index (χ2n) is 9.58. The number of ether oxygens (including phenoxy) is 1. The molecule has 1 saturated heterocycles. The van der Waals surface area contributed by atoms with Crippen molar-refractivity contribution in [2.75, 3.05) is 39.5 Å². The van der Waals surface area contributed by atoms with Gasteiger partial charge in [0.15, 0.2) is 5.65 Å². The van der Waals surface area contributed by atoms with Crippen molar-refractivity contribution in [1.82, 2.24) is 24.6 Å². The van der Waals surface area contributed by atoms with Gasteiger partial charge in [-0.05, 0) is 48.9 Å². The topological polar surface area (TPSA) is 122 Å². The van der Waals surface area contributed by atoms with Gasteiger partial charge in [-0.1, -0.05) is 18.2 Å². The van der Waals surface area contributed by atoms with E-state index in [2.05, 4.69) is 9.97 Å². The first kappa shape index (κ1) is 24.4. The van der Waals surface area contributed by atoms with E-state index < -0.39 is 4.65 Å². The van der Waals surface area contributed by atoms with Crippen molar-refractivity contribution < 1.29 is 14.2 Å². The monoisotopic (exact) mass is 499 g/mol. The number of anilines is 1. The van der Waals surface area contributed by atoms with Crippen LogP contribution >= 0.6 is 0 Å². The number of benzene rings is 2. The van der Waals surface area contributed by atoms with Crippen LogP contribution in [0, 0.1) is 5.21 Å². The van der Waals surface area contributed by atoms with E-state index in [0.29, 0.717) is 41.4 Å². The zero-order valence-electron chi connectivity index (χ0n) is 20.8. The Morgan fingerprint density at radius 3 is 2.59 bits per heavy atom. The van der Waals surface area contributed by atoms with Crippen molar-refractivity contribution in [2.24, 2.45) is 0 Å². The molecule has 10 heteroatoms. The SMILES string of the molecule is C[N+](C)([O-])C/C=C/C(=O)N1CCC(n2nc(-c3ccc(Oc4ccccc4)cc3)c3c(N)ncnc32)C1. The Hall–Kier alpha value is -4.28. The number of hydrogen-bond acceptors (Lipinski definition) is 7. The predicted molar refractivity (Wildman–Crippen MR) is 141 cm³/mol. The molecule has 2 aromatic heterocycles. The first-order valence-corrected chi connectivity index (χ1v) is 12.1. The third kappa shape index (κ3) is 5.45. The lowest BCUT2D eigenvalue weighted by atomic mass is 10.1. The normalized spacial score (nSPS) is 16.1. The minimum Gasteiger partial charge on any atom is -0.633 e. The van der Waals surface area contributed by atoms with Gasteiger partial charge < -0.3 is 25.2 Å². The lowest BCUT2D eigenvalue weighted by molar-refractivity contribution is -0.833. The van der Waals surface area contributed by atoms with Gasteiger partial charge in [0.25, 0.3) is 0 Å². The van der Waals surface area contributed by atoms with Crippen LogP contribution in [0.2, 0.25) is 0 Å². The van der Waals surface area contributed by atoms with Crippen molar-refractivity contribution >= 4 is 22.8 Å². The number of nitrogen functional groups attached to an aromatic ring is 1. The lowest BCUT2D eigenvalue weighted by Gasteiger charge is -2.32. The number of amides is 1. The molecule has 1 unspecified atom stereocenters. The Morgan fingerprint density at radius 1 is 1.14 bits per heavy atom. The summed E-state index contributed by atoms with van der Waals surface area (Å²) < 4.78 is 7.29. The molecular formula is C27H29N7O3. The summed E-state index contributed by atoms with van der Waals surface area (Å²) in [5, 5.41) is 17.3. The molecule has 0 radical (unpaired) electrons. The Bertz CT molecular complexity index is 1430. The molecule has 10 nitrogen and oxygen atoms in total. The zero-order valence-corrected chi connectivity index (χ0v) is 20.8. The van der Waals surface area contributed by atoms with E-state index in [9.17, 15) is 10.0 Å². The van der Waals surface area contributed by atoms with Crippen molar-refractivity contribution in [2.45, 2.75) is 12.5 Å². The summed E-state index contributed by atoms with van der Waals surface area (Å²) in [5.74, 6) is 1.70. The molecule has 1 fully saturated rings. The Labute approximate surface area is 214 Å². The second-order valence-corrected chi connectivity index (χ2v) is 9.58. The van der Waals surface area contributed by atoms with E-state index in [1.807, 2.05) is 59.3 Å². The van der Waals surface area contributed by atoms with Crippen LogP contribution in [0.15, 0.2) is 73.1 Å². The van der Waals surface area contributed by atoms with Gasteiger partial charge in [0.1, 0.15) is 29.3 Å². The highest BCUT2D eigenvalue weighted by Crippen LogP contribution is 2.35. The van der Waals surface area contributed by atoms with Crippen LogP contribution in [0.3, 0.4) is 0 Å². The van der Waals surface area contributed by atoms with Crippen LogP contribution in [-0.4, -0.2) is 68.9 Å². The Morgan fingerprint density at radius 2 is 1.86 bits per heavy atom. The molecule has 1 atom stereocenters. The summed E-state index contributed by atoms with van der Waals surface area (Å²) in [4.78, 5) is 23.1. The number of likely N-dealkylation sites (N-methyl/N-ethyl adjacent to an activating group) is 1. The lowest BCUT2D eigenvalue weighted by Crippen LogP contribution is -2.32. The van der Waals surface area contributed by atoms with E-state index >= 15 is 0 Å². The number of aromatic nitrogens is 4. The highest BCUT2D eigenvalue weighted by atomic mass is 16.5. The molecule has 5 rings (SSSR count). The molecule has 1 amide bonds. The highest BCUT2D eigenvalue weighted by Gasteiger charge is 2.30. The standard InChI is InChI=1S/C27H29N7O3/c1-34(2,36)16-6-9-23(35)32-15-14-20(17-32)33-27-24(26(28)29-18-30-27)25(31-33)19-10-12-22(13-11-19)37-21-7-4-3-5-8-21/h3-13,18,20H,14-17H2,1-2H3,(H2,28,29,30)/b9-6+. The molecular weight excluding hydrogens is 470 g/mol. The number of fused-ring (bicyclic) bond motifs is 1. The first-order valence-electron chi connectivity index (χ1n) is 12.1. The second kappa shape index (κ2) is 10.00. The highest BCUT2D eigenvalue weighted by molar-refractivity contribution is 5.98. The van der Waals surface area contributed by atoms with Crippen LogP contribution < -0.4 is 10.5 Å². The van der Waals surface area contributed by atoms with E-state index in [0.717, 1.165) is 17.7 Å². The maximum Gasteiger partial charge on any atom is 0.246 e. The van der Waals surface area contributed by atoms with Gasteiger partial charge in [0, 0.05) is 24.7 Å². The average molecular weight is 500 g/mol. The third-order valence-electron chi connectivity index (χ3n) is 6.25. The summed E-state index contributed by atoms with van der Waals surface area (Å²) in [6, 6.07) is 17.2. The molecule has 1 aliphatic heterocycles. The summed E-state index contributed by atoms with van der Waals surface area (Å²) in [6.45, 7) is 1.32. The molecule has 0 aliphatic carbocycles. The molecule has 4 aromatic rings. The van der Waals surface area contributed by atoms with Gasteiger partial charge in [-0.15, -0.1) is 0 Å². The summed E-state index contributed by atoms with van der Waals surface area (Å²) in [6.07, 6.45) is 5.27.